The van der Waals surface area contributed by atoms with Gasteiger partial charge < -0.3 is 5.73 Å². The number of benzene rings is 2. The van der Waals surface area contributed by atoms with Gasteiger partial charge in [-0.2, -0.15) is 0 Å². The zero-order valence-electron chi connectivity index (χ0n) is 12.7. The highest BCUT2D eigenvalue weighted by atomic mass is 32.2. The van der Waals surface area contributed by atoms with Crippen molar-refractivity contribution in [3.8, 4) is 0 Å². The maximum Gasteiger partial charge on any atom is 0.264 e. The molecule has 0 saturated carbocycles. The molecule has 0 saturated heterocycles. The van der Waals surface area contributed by atoms with E-state index >= 15 is 0 Å². The van der Waals surface area contributed by atoms with Crippen LogP contribution in [0.25, 0.3) is 0 Å². The van der Waals surface area contributed by atoms with E-state index in [-0.39, 0.29) is 4.90 Å². The first-order chi connectivity index (χ1) is 9.70. The summed E-state index contributed by atoms with van der Waals surface area (Å²) >= 11 is 0. The Hall–Kier alpha value is -2.01. The average Bonchev–Trinajstić information content (AvgIpc) is 2.35. The Balaban J connectivity index is 2.52. The van der Waals surface area contributed by atoms with Crippen molar-refractivity contribution in [3.05, 3.63) is 53.1 Å². The van der Waals surface area contributed by atoms with Gasteiger partial charge in [0, 0.05) is 12.7 Å². The molecule has 2 aromatic rings. The zero-order chi connectivity index (χ0) is 15.8. The average molecular weight is 304 g/mol. The van der Waals surface area contributed by atoms with Gasteiger partial charge in [-0.1, -0.05) is 6.07 Å². The van der Waals surface area contributed by atoms with Gasteiger partial charge in [-0.25, -0.2) is 8.42 Å². The van der Waals surface area contributed by atoms with E-state index in [4.69, 9.17) is 5.73 Å². The van der Waals surface area contributed by atoms with Crippen LogP contribution in [0.5, 0.6) is 0 Å². The number of hydrogen-bond donors (Lipinski definition) is 1. The van der Waals surface area contributed by atoms with Crippen LogP contribution in [-0.2, 0) is 10.0 Å². The summed E-state index contributed by atoms with van der Waals surface area (Å²) in [6.45, 7) is 5.72. The molecule has 0 atom stereocenters. The lowest BCUT2D eigenvalue weighted by atomic mass is 10.1. The summed E-state index contributed by atoms with van der Waals surface area (Å²) in [7, 11) is -2.06. The van der Waals surface area contributed by atoms with E-state index in [1.807, 2.05) is 39.0 Å². The fourth-order valence-corrected chi connectivity index (χ4v) is 3.67. The minimum atomic E-state index is -3.62. The van der Waals surface area contributed by atoms with E-state index in [1.165, 1.54) is 10.4 Å². The third-order valence-electron chi connectivity index (χ3n) is 3.30. The first kappa shape index (κ1) is 15.4. The molecule has 0 heterocycles. The quantitative estimate of drug-likeness (QED) is 0.887. The SMILES string of the molecule is Cc1cc(C)cc(N(C)S(=O)(=O)c2cc(C)cc(N)c2)c1. The molecule has 0 radical (unpaired) electrons. The molecule has 4 nitrogen and oxygen atoms in total. The smallest absolute Gasteiger partial charge is 0.264 e. The number of hydrogen-bond acceptors (Lipinski definition) is 3. The number of aryl methyl sites for hydroxylation is 3. The van der Waals surface area contributed by atoms with Gasteiger partial charge in [-0.05, 0) is 67.8 Å². The molecule has 0 aliphatic heterocycles. The molecule has 0 bridgehead atoms. The van der Waals surface area contributed by atoms with Gasteiger partial charge in [-0.3, -0.25) is 4.31 Å². The lowest BCUT2D eigenvalue weighted by Crippen LogP contribution is -2.26. The topological polar surface area (TPSA) is 63.4 Å². The van der Waals surface area contributed by atoms with Crippen molar-refractivity contribution in [2.45, 2.75) is 25.7 Å². The predicted molar refractivity (Wildman–Crippen MR) is 87.1 cm³/mol. The molecule has 0 aliphatic rings. The molecule has 0 aliphatic carbocycles. The second-order valence-corrected chi connectivity index (χ2v) is 7.37. The molecule has 0 amide bonds. The molecule has 2 aromatic carbocycles. The second-order valence-electron chi connectivity index (χ2n) is 5.40. The summed E-state index contributed by atoms with van der Waals surface area (Å²) < 4.78 is 26.8. The molecule has 5 heteroatoms. The minimum Gasteiger partial charge on any atom is -0.399 e. The number of rotatable bonds is 3. The first-order valence-corrected chi connectivity index (χ1v) is 8.08. The molecule has 112 valence electrons. The van der Waals surface area contributed by atoms with Crippen molar-refractivity contribution < 1.29 is 8.42 Å². The van der Waals surface area contributed by atoms with Crippen molar-refractivity contribution >= 4 is 21.4 Å². The fourth-order valence-electron chi connectivity index (χ4n) is 2.35. The Bertz CT molecular complexity index is 742. The zero-order valence-corrected chi connectivity index (χ0v) is 13.5. The van der Waals surface area contributed by atoms with E-state index in [1.54, 1.807) is 19.2 Å². The minimum absolute atomic E-state index is 0.210. The molecule has 2 rings (SSSR count). The second kappa shape index (κ2) is 5.41. The Labute approximate surface area is 126 Å². The molecular weight excluding hydrogens is 284 g/mol. The van der Waals surface area contributed by atoms with Crippen LogP contribution < -0.4 is 10.0 Å². The van der Waals surface area contributed by atoms with Gasteiger partial charge >= 0.3 is 0 Å². The normalized spacial score (nSPS) is 11.4. The highest BCUT2D eigenvalue weighted by Gasteiger charge is 2.22. The maximum absolute atomic E-state index is 12.7. The van der Waals surface area contributed by atoms with Crippen molar-refractivity contribution in [3.63, 3.8) is 0 Å². The van der Waals surface area contributed by atoms with Gasteiger partial charge in [-0.15, -0.1) is 0 Å². The number of sulfonamides is 1. The standard InChI is InChI=1S/C16H20N2O2S/c1-11-5-12(2)8-15(7-11)18(4)21(19,20)16-9-13(3)6-14(17)10-16/h5-10H,17H2,1-4H3. The lowest BCUT2D eigenvalue weighted by Gasteiger charge is -2.21. The molecule has 0 unspecified atom stereocenters. The van der Waals surface area contributed by atoms with E-state index in [0.29, 0.717) is 11.4 Å². The summed E-state index contributed by atoms with van der Waals surface area (Å²) in [6, 6.07) is 10.6. The van der Waals surface area contributed by atoms with Crippen LogP contribution in [-0.4, -0.2) is 15.5 Å². The number of nitrogens with two attached hydrogens (primary N) is 1. The van der Waals surface area contributed by atoms with Crippen LogP contribution in [0.3, 0.4) is 0 Å². The molecule has 0 aromatic heterocycles. The largest absolute Gasteiger partial charge is 0.399 e. The van der Waals surface area contributed by atoms with E-state index in [0.717, 1.165) is 16.7 Å². The summed E-state index contributed by atoms with van der Waals surface area (Å²) in [5, 5.41) is 0. The molecule has 2 N–H and O–H groups in total. The summed E-state index contributed by atoms with van der Waals surface area (Å²) in [5.41, 5.74) is 9.72. The molecule has 0 fully saturated rings. The lowest BCUT2D eigenvalue weighted by molar-refractivity contribution is 0.594. The Morgan fingerprint density at radius 1 is 0.857 bits per heavy atom. The van der Waals surface area contributed by atoms with E-state index in [9.17, 15) is 8.42 Å². The van der Waals surface area contributed by atoms with Gasteiger partial charge in [0.05, 0.1) is 10.6 Å². The van der Waals surface area contributed by atoms with Gasteiger partial charge in [0.15, 0.2) is 0 Å². The van der Waals surface area contributed by atoms with Crippen molar-refractivity contribution in [2.75, 3.05) is 17.1 Å². The first-order valence-electron chi connectivity index (χ1n) is 6.64. The Kier molecular flexibility index (Phi) is 3.96. The monoisotopic (exact) mass is 304 g/mol. The van der Waals surface area contributed by atoms with Crippen LogP contribution in [0.4, 0.5) is 11.4 Å². The Morgan fingerprint density at radius 2 is 1.38 bits per heavy atom. The highest BCUT2D eigenvalue weighted by molar-refractivity contribution is 7.92. The van der Waals surface area contributed by atoms with Crippen molar-refractivity contribution in [1.29, 1.82) is 0 Å². The summed E-state index contributed by atoms with van der Waals surface area (Å²) in [4.78, 5) is 0.210. The van der Waals surface area contributed by atoms with E-state index < -0.39 is 10.0 Å². The number of anilines is 2. The number of nitrogen functional groups attached to an aromatic ring is 1. The fraction of sp³-hybridized carbons (Fsp3) is 0.250. The van der Waals surface area contributed by atoms with Crippen LogP contribution in [0.2, 0.25) is 0 Å². The molecular formula is C16H20N2O2S. The van der Waals surface area contributed by atoms with Crippen LogP contribution in [0.1, 0.15) is 16.7 Å². The highest BCUT2D eigenvalue weighted by Crippen LogP contribution is 2.26. The van der Waals surface area contributed by atoms with Crippen LogP contribution in [0, 0.1) is 20.8 Å². The van der Waals surface area contributed by atoms with Gasteiger partial charge in [0.1, 0.15) is 0 Å². The summed E-state index contributed by atoms with van der Waals surface area (Å²) in [5.74, 6) is 0. The third-order valence-corrected chi connectivity index (χ3v) is 5.06. The maximum atomic E-state index is 12.7. The van der Waals surface area contributed by atoms with Crippen molar-refractivity contribution in [2.24, 2.45) is 0 Å². The Morgan fingerprint density at radius 3 is 1.90 bits per heavy atom. The van der Waals surface area contributed by atoms with Crippen LogP contribution >= 0.6 is 0 Å². The third kappa shape index (κ3) is 3.19. The van der Waals surface area contributed by atoms with Crippen molar-refractivity contribution in [1.82, 2.24) is 0 Å². The number of nitrogens with zero attached hydrogens (tertiary/aromatic N) is 1. The van der Waals surface area contributed by atoms with Gasteiger partial charge in [0.2, 0.25) is 0 Å². The molecule has 0 spiro atoms. The van der Waals surface area contributed by atoms with Crippen LogP contribution in [0.15, 0.2) is 41.3 Å². The van der Waals surface area contributed by atoms with Gasteiger partial charge in [0.25, 0.3) is 10.0 Å². The summed E-state index contributed by atoms with van der Waals surface area (Å²) in [6.07, 6.45) is 0. The molecule has 21 heavy (non-hydrogen) atoms. The predicted octanol–water partition coefficient (Wildman–Crippen LogP) is 3.02. The van der Waals surface area contributed by atoms with E-state index in [2.05, 4.69) is 0 Å².